The van der Waals surface area contributed by atoms with Gasteiger partial charge in [0.2, 0.25) is 0 Å². The molecule has 0 radical (unpaired) electrons. The van der Waals surface area contributed by atoms with Crippen molar-refractivity contribution in [2.75, 3.05) is 5.32 Å². The van der Waals surface area contributed by atoms with Crippen LogP contribution in [0.25, 0.3) is 0 Å². The molecule has 0 saturated heterocycles. The van der Waals surface area contributed by atoms with E-state index in [4.69, 9.17) is 23.2 Å². The van der Waals surface area contributed by atoms with Gasteiger partial charge in [0, 0.05) is 37.7 Å². The minimum atomic E-state index is -0.953. The molecule has 0 aliphatic rings. The summed E-state index contributed by atoms with van der Waals surface area (Å²) in [6.45, 7) is 0.666. The largest absolute Gasteiger partial charge is 0.336 e. The van der Waals surface area contributed by atoms with Gasteiger partial charge in [-0.05, 0) is 6.07 Å². The highest BCUT2D eigenvalue weighted by atomic mass is 35.5. The molecule has 3 aromatic rings. The third-order valence-electron chi connectivity index (χ3n) is 3.33. The average Bonchev–Trinajstić information content (AvgIpc) is 3.20. The molecule has 130 valence electrons. The first kappa shape index (κ1) is 17.7. The average molecular weight is 401 g/mol. The van der Waals surface area contributed by atoms with E-state index in [0.29, 0.717) is 10.9 Å². The van der Waals surface area contributed by atoms with Crippen LogP contribution >= 0.6 is 34.5 Å². The lowest BCUT2D eigenvalue weighted by Gasteiger charge is -2.10. The van der Waals surface area contributed by atoms with Gasteiger partial charge in [-0.15, -0.1) is 11.3 Å². The highest BCUT2D eigenvalue weighted by Gasteiger charge is 2.14. The van der Waals surface area contributed by atoms with E-state index < -0.39 is 17.3 Å². The number of aromatic nitrogens is 3. The number of pyridine rings is 1. The van der Waals surface area contributed by atoms with Crippen LogP contribution in [0.2, 0.25) is 9.36 Å². The first-order chi connectivity index (χ1) is 11.9. The molecule has 0 aromatic carbocycles. The first-order valence-corrected chi connectivity index (χ1v) is 8.63. The summed E-state index contributed by atoms with van der Waals surface area (Å²) in [6, 6.07) is 2.40. The SMILES string of the molecule is O=C(Nc1cc(F)c(=O)n(CCn2ccnc2)c1)c1cc(Cl)c(Cl)s1. The molecule has 0 atom stereocenters. The Morgan fingerprint density at radius 1 is 1.32 bits per heavy atom. The van der Waals surface area contributed by atoms with E-state index in [1.54, 1.807) is 23.3 Å². The number of rotatable bonds is 5. The smallest absolute Gasteiger partial charge is 0.286 e. The van der Waals surface area contributed by atoms with Gasteiger partial charge in [-0.1, -0.05) is 23.2 Å². The van der Waals surface area contributed by atoms with Crippen LogP contribution in [0.1, 0.15) is 9.67 Å². The third kappa shape index (κ3) is 4.09. The van der Waals surface area contributed by atoms with E-state index in [-0.39, 0.29) is 22.1 Å². The van der Waals surface area contributed by atoms with Gasteiger partial charge in [-0.3, -0.25) is 9.59 Å². The van der Waals surface area contributed by atoms with E-state index in [1.807, 2.05) is 0 Å². The topological polar surface area (TPSA) is 68.9 Å². The summed E-state index contributed by atoms with van der Waals surface area (Å²) >= 11 is 12.7. The number of aryl methyl sites for hydroxylation is 2. The highest BCUT2D eigenvalue weighted by molar-refractivity contribution is 7.18. The molecule has 0 saturated carbocycles. The molecule has 3 rings (SSSR count). The number of halogens is 3. The molecule has 25 heavy (non-hydrogen) atoms. The Balaban J connectivity index is 1.79. The molecule has 6 nitrogen and oxygen atoms in total. The standard InChI is InChI=1S/C15H11Cl2FN4O2S/c16-10-6-12(25-13(10)17)14(23)20-9-5-11(18)15(24)22(7-9)4-3-21-2-1-19-8-21/h1-2,5-8H,3-4H2,(H,20,23). The fourth-order valence-electron chi connectivity index (χ4n) is 2.13. The normalized spacial score (nSPS) is 10.8. The van der Waals surface area contributed by atoms with E-state index in [1.165, 1.54) is 16.8 Å². The number of thiophene rings is 1. The molecule has 0 aliphatic heterocycles. The van der Waals surface area contributed by atoms with Gasteiger partial charge in [0.15, 0.2) is 5.82 Å². The number of carbonyl (C=O) groups excluding carboxylic acids is 1. The van der Waals surface area contributed by atoms with Gasteiger partial charge in [0.05, 0.1) is 21.9 Å². The monoisotopic (exact) mass is 400 g/mol. The second-order valence-electron chi connectivity index (χ2n) is 5.06. The van der Waals surface area contributed by atoms with Crippen LogP contribution < -0.4 is 10.9 Å². The Kier molecular flexibility index (Phi) is 5.22. The Labute approximate surface area is 155 Å². The maximum Gasteiger partial charge on any atom is 0.286 e. The van der Waals surface area contributed by atoms with E-state index in [2.05, 4.69) is 10.3 Å². The number of carbonyl (C=O) groups is 1. The number of hydrogen-bond donors (Lipinski definition) is 1. The molecule has 0 fully saturated rings. The van der Waals surface area contributed by atoms with Crippen molar-refractivity contribution < 1.29 is 9.18 Å². The lowest BCUT2D eigenvalue weighted by Crippen LogP contribution is -2.25. The first-order valence-electron chi connectivity index (χ1n) is 7.06. The van der Waals surface area contributed by atoms with Gasteiger partial charge in [0.1, 0.15) is 4.34 Å². The quantitative estimate of drug-likeness (QED) is 0.712. The molecule has 1 amide bonds. The zero-order chi connectivity index (χ0) is 18.0. The highest BCUT2D eigenvalue weighted by Crippen LogP contribution is 2.31. The van der Waals surface area contributed by atoms with E-state index in [9.17, 15) is 14.0 Å². The maximum atomic E-state index is 13.9. The minimum absolute atomic E-state index is 0.161. The number of hydrogen-bond acceptors (Lipinski definition) is 4. The molecule has 0 spiro atoms. The van der Waals surface area contributed by atoms with Crippen LogP contribution in [0, 0.1) is 5.82 Å². The fourth-order valence-corrected chi connectivity index (χ4v) is 3.39. The van der Waals surface area contributed by atoms with Gasteiger partial charge < -0.3 is 14.5 Å². The summed E-state index contributed by atoms with van der Waals surface area (Å²) in [4.78, 5) is 28.3. The van der Waals surface area contributed by atoms with Gasteiger partial charge in [0.25, 0.3) is 11.5 Å². The second kappa shape index (κ2) is 7.38. The summed E-state index contributed by atoms with van der Waals surface area (Å²) in [5, 5.41) is 2.81. The van der Waals surface area contributed by atoms with Crippen molar-refractivity contribution in [2.24, 2.45) is 0 Å². The zero-order valence-electron chi connectivity index (χ0n) is 12.6. The summed E-state index contributed by atoms with van der Waals surface area (Å²) < 4.78 is 17.1. The molecule has 10 heteroatoms. The van der Waals surface area contributed by atoms with Crippen molar-refractivity contribution in [1.82, 2.24) is 14.1 Å². The van der Waals surface area contributed by atoms with Gasteiger partial charge in [-0.25, -0.2) is 9.37 Å². The van der Waals surface area contributed by atoms with Crippen LogP contribution in [0.5, 0.6) is 0 Å². The van der Waals surface area contributed by atoms with Crippen molar-refractivity contribution in [2.45, 2.75) is 13.1 Å². The molecule has 0 aliphatic carbocycles. The number of amides is 1. The molecular formula is C15H11Cl2FN4O2S. The second-order valence-corrected chi connectivity index (χ2v) is 7.12. The van der Waals surface area contributed by atoms with Crippen molar-refractivity contribution in [3.05, 3.63) is 67.5 Å². The number of nitrogens with zero attached hydrogens (tertiary/aromatic N) is 3. The van der Waals surface area contributed by atoms with Crippen molar-refractivity contribution in [3.8, 4) is 0 Å². The zero-order valence-corrected chi connectivity index (χ0v) is 14.9. The minimum Gasteiger partial charge on any atom is -0.336 e. The predicted molar refractivity (Wildman–Crippen MR) is 95.2 cm³/mol. The van der Waals surface area contributed by atoms with Gasteiger partial charge in [-0.2, -0.15) is 0 Å². The lowest BCUT2D eigenvalue weighted by atomic mass is 10.3. The third-order valence-corrected chi connectivity index (χ3v) is 5.19. The van der Waals surface area contributed by atoms with Crippen molar-refractivity contribution >= 4 is 46.1 Å². The van der Waals surface area contributed by atoms with Crippen molar-refractivity contribution in [3.63, 3.8) is 0 Å². The fraction of sp³-hybridized carbons (Fsp3) is 0.133. The van der Waals surface area contributed by atoms with E-state index in [0.717, 1.165) is 17.4 Å². The van der Waals surface area contributed by atoms with Crippen LogP contribution in [0.3, 0.4) is 0 Å². The van der Waals surface area contributed by atoms with Crippen LogP contribution in [0.4, 0.5) is 10.1 Å². The van der Waals surface area contributed by atoms with Crippen LogP contribution in [-0.4, -0.2) is 20.0 Å². The Hall–Kier alpha value is -2.16. The summed E-state index contributed by atoms with van der Waals surface area (Å²) in [5.74, 6) is -1.44. The summed E-state index contributed by atoms with van der Waals surface area (Å²) in [5.41, 5.74) is -0.603. The van der Waals surface area contributed by atoms with Crippen molar-refractivity contribution in [1.29, 1.82) is 0 Å². The lowest BCUT2D eigenvalue weighted by molar-refractivity contribution is 0.103. The summed E-state index contributed by atoms with van der Waals surface area (Å²) in [6.07, 6.45) is 6.32. The number of anilines is 1. The Bertz CT molecular complexity index is 949. The predicted octanol–water partition coefficient (Wildman–Crippen LogP) is 3.50. The molecule has 0 bridgehead atoms. The number of nitrogens with one attached hydrogen (secondary N) is 1. The Morgan fingerprint density at radius 3 is 2.76 bits per heavy atom. The Morgan fingerprint density at radius 2 is 2.12 bits per heavy atom. The summed E-state index contributed by atoms with van der Waals surface area (Å²) in [7, 11) is 0. The van der Waals surface area contributed by atoms with Crippen LogP contribution in [-0.2, 0) is 13.1 Å². The van der Waals surface area contributed by atoms with Crippen LogP contribution in [0.15, 0.2) is 41.8 Å². The molecule has 3 heterocycles. The molecule has 1 N–H and O–H groups in total. The molecular weight excluding hydrogens is 390 g/mol. The van der Waals surface area contributed by atoms with E-state index >= 15 is 0 Å². The van der Waals surface area contributed by atoms with Gasteiger partial charge >= 0.3 is 0 Å². The molecule has 0 unspecified atom stereocenters. The number of imidazole rings is 1. The molecule has 3 aromatic heterocycles. The maximum absolute atomic E-state index is 13.9.